The molecule has 37 heavy (non-hydrogen) atoms. The molecule has 0 fully saturated rings. The van der Waals surface area contributed by atoms with Gasteiger partial charge in [-0.25, -0.2) is 14.4 Å². The standard InChI is InChI=1S/3C8H7ClO3.Y/c3*1-12-7-4-5(9)2-3-6(7)8(10)11;/h3*2-4H,1H3,(H,10,11);. The van der Waals surface area contributed by atoms with Crippen molar-refractivity contribution in [3.05, 3.63) is 86.4 Å². The molecule has 3 aromatic carbocycles. The topological polar surface area (TPSA) is 140 Å². The predicted octanol–water partition coefficient (Wildman–Crippen LogP) is 6.14. The van der Waals surface area contributed by atoms with E-state index in [1.807, 2.05) is 0 Å². The molecule has 9 nitrogen and oxygen atoms in total. The Morgan fingerprint density at radius 3 is 0.919 bits per heavy atom. The van der Waals surface area contributed by atoms with Crippen molar-refractivity contribution in [1.82, 2.24) is 0 Å². The van der Waals surface area contributed by atoms with E-state index < -0.39 is 17.9 Å². The SMILES string of the molecule is COc1cc(Cl)ccc1C(=O)O.COc1cc(Cl)ccc1C(=O)O.COc1cc(Cl)ccc1C(=O)O.[Y]. The minimum absolute atomic E-state index is 0. The molecule has 0 atom stereocenters. The Morgan fingerprint density at radius 2 is 0.757 bits per heavy atom. The van der Waals surface area contributed by atoms with Crippen LogP contribution in [-0.4, -0.2) is 54.6 Å². The van der Waals surface area contributed by atoms with Crippen LogP contribution >= 0.6 is 34.8 Å². The largest absolute Gasteiger partial charge is 0.496 e. The van der Waals surface area contributed by atoms with Crippen molar-refractivity contribution in [2.45, 2.75) is 0 Å². The Labute approximate surface area is 252 Å². The van der Waals surface area contributed by atoms with Crippen LogP contribution in [0.3, 0.4) is 0 Å². The molecule has 0 heterocycles. The molecule has 0 saturated heterocycles. The summed E-state index contributed by atoms with van der Waals surface area (Å²) >= 11 is 16.9. The fraction of sp³-hybridized carbons (Fsp3) is 0.125. The third-order valence-corrected chi connectivity index (χ3v) is 4.89. The normalized spacial score (nSPS) is 9.24. The molecule has 3 aromatic rings. The summed E-state index contributed by atoms with van der Waals surface area (Å²) in [5, 5.41) is 27.4. The number of carboxylic acids is 3. The van der Waals surface area contributed by atoms with E-state index in [1.165, 1.54) is 75.9 Å². The molecular formula is C24H21Cl3O9Y. The zero-order valence-corrected chi connectivity index (χ0v) is 24.8. The molecule has 0 spiro atoms. The van der Waals surface area contributed by atoms with Crippen LogP contribution in [0.25, 0.3) is 0 Å². The van der Waals surface area contributed by atoms with Gasteiger partial charge in [-0.15, -0.1) is 0 Å². The van der Waals surface area contributed by atoms with Crippen LogP contribution in [0.1, 0.15) is 31.1 Å². The zero-order chi connectivity index (χ0) is 27.4. The van der Waals surface area contributed by atoms with Crippen molar-refractivity contribution in [3.8, 4) is 17.2 Å². The minimum atomic E-state index is -1.02. The van der Waals surface area contributed by atoms with E-state index in [0.29, 0.717) is 15.1 Å². The van der Waals surface area contributed by atoms with E-state index in [0.717, 1.165) is 0 Å². The van der Waals surface area contributed by atoms with Gasteiger partial charge in [-0.05, 0) is 54.6 Å². The van der Waals surface area contributed by atoms with Crippen LogP contribution in [0.4, 0.5) is 0 Å². The maximum atomic E-state index is 10.6. The molecular weight excluding hydrogens is 628 g/mol. The first-order chi connectivity index (χ1) is 16.9. The van der Waals surface area contributed by atoms with E-state index in [-0.39, 0.29) is 66.6 Å². The molecule has 0 aliphatic heterocycles. The number of methoxy groups -OCH3 is 3. The Morgan fingerprint density at radius 1 is 0.541 bits per heavy atom. The quantitative estimate of drug-likeness (QED) is 0.288. The number of carbonyl (C=O) groups is 3. The van der Waals surface area contributed by atoms with Crippen LogP contribution in [0.15, 0.2) is 54.6 Å². The van der Waals surface area contributed by atoms with Crippen LogP contribution in [-0.2, 0) is 32.7 Å². The van der Waals surface area contributed by atoms with Gasteiger partial charge in [-0.3, -0.25) is 0 Å². The summed E-state index contributed by atoms with van der Waals surface area (Å²) < 4.78 is 14.5. The number of benzene rings is 3. The maximum absolute atomic E-state index is 10.6. The van der Waals surface area contributed by atoms with Crippen LogP contribution in [0, 0.1) is 0 Å². The van der Waals surface area contributed by atoms with Crippen molar-refractivity contribution in [2.75, 3.05) is 21.3 Å². The number of hydrogen-bond acceptors (Lipinski definition) is 6. The van der Waals surface area contributed by atoms with Gasteiger partial charge in [0.15, 0.2) is 0 Å². The number of rotatable bonds is 6. The smallest absolute Gasteiger partial charge is 0.339 e. The van der Waals surface area contributed by atoms with Gasteiger partial charge in [0.1, 0.15) is 33.9 Å². The van der Waals surface area contributed by atoms with Crippen LogP contribution < -0.4 is 14.2 Å². The molecule has 13 heteroatoms. The second kappa shape index (κ2) is 17.0. The summed E-state index contributed by atoms with van der Waals surface area (Å²) in [6.45, 7) is 0. The predicted molar refractivity (Wildman–Crippen MR) is 135 cm³/mol. The second-order valence-corrected chi connectivity index (χ2v) is 7.76. The molecule has 3 rings (SSSR count). The van der Waals surface area contributed by atoms with Gasteiger partial charge >= 0.3 is 17.9 Å². The Bertz CT molecular complexity index is 1090. The first-order valence-corrected chi connectivity index (χ1v) is 10.8. The average Bonchev–Trinajstić information content (AvgIpc) is 2.83. The molecule has 1 radical (unpaired) electrons. The molecule has 3 N–H and O–H groups in total. The van der Waals surface area contributed by atoms with Gasteiger partial charge in [-0.2, -0.15) is 0 Å². The Balaban J connectivity index is 0.000000518. The number of ether oxygens (including phenoxy) is 3. The summed E-state index contributed by atoms with van der Waals surface area (Å²) in [7, 11) is 4.20. The Hall–Kier alpha value is -2.56. The fourth-order valence-corrected chi connectivity index (χ4v) is 3.01. The maximum Gasteiger partial charge on any atom is 0.339 e. The van der Waals surface area contributed by atoms with Crippen molar-refractivity contribution < 1.29 is 76.6 Å². The zero-order valence-electron chi connectivity index (χ0n) is 19.7. The van der Waals surface area contributed by atoms with Gasteiger partial charge < -0.3 is 29.5 Å². The molecule has 0 unspecified atom stereocenters. The molecule has 0 bridgehead atoms. The van der Waals surface area contributed by atoms with Crippen molar-refractivity contribution >= 4 is 52.7 Å². The van der Waals surface area contributed by atoms with Gasteiger partial charge in [0.2, 0.25) is 0 Å². The first kappa shape index (κ1) is 34.4. The third kappa shape index (κ3) is 11.2. The van der Waals surface area contributed by atoms with Gasteiger partial charge in [0.25, 0.3) is 0 Å². The van der Waals surface area contributed by atoms with E-state index in [9.17, 15) is 14.4 Å². The summed E-state index contributed by atoms with van der Waals surface area (Å²) in [4.78, 5) is 31.7. The van der Waals surface area contributed by atoms with E-state index >= 15 is 0 Å². The number of carboxylic acid groups (broad SMARTS) is 3. The third-order valence-electron chi connectivity index (χ3n) is 4.18. The molecule has 0 aromatic heterocycles. The van der Waals surface area contributed by atoms with Gasteiger partial charge in [0, 0.05) is 47.8 Å². The van der Waals surface area contributed by atoms with Crippen molar-refractivity contribution in [2.24, 2.45) is 0 Å². The van der Waals surface area contributed by atoms with Gasteiger partial charge in [-0.1, -0.05) is 34.8 Å². The minimum Gasteiger partial charge on any atom is -0.496 e. The van der Waals surface area contributed by atoms with Crippen molar-refractivity contribution in [1.29, 1.82) is 0 Å². The molecule has 0 aliphatic carbocycles. The van der Waals surface area contributed by atoms with Crippen molar-refractivity contribution in [3.63, 3.8) is 0 Å². The first-order valence-electron chi connectivity index (χ1n) is 9.65. The van der Waals surface area contributed by atoms with E-state index in [4.69, 9.17) is 64.3 Å². The summed E-state index contributed by atoms with van der Waals surface area (Å²) in [6.07, 6.45) is 0. The molecule has 195 valence electrons. The van der Waals surface area contributed by atoms with E-state index in [2.05, 4.69) is 0 Å². The fourth-order valence-electron chi connectivity index (χ4n) is 2.53. The second-order valence-electron chi connectivity index (χ2n) is 6.45. The Kier molecular flexibility index (Phi) is 15.9. The van der Waals surface area contributed by atoms with Gasteiger partial charge in [0.05, 0.1) is 21.3 Å². The summed E-state index contributed by atoms with van der Waals surface area (Å²) in [5.74, 6) is -2.25. The van der Waals surface area contributed by atoms with E-state index in [1.54, 1.807) is 0 Å². The monoisotopic (exact) mass is 647 g/mol. The average molecular weight is 649 g/mol. The molecule has 0 amide bonds. The number of hydrogen-bond donors (Lipinski definition) is 3. The van der Waals surface area contributed by atoms with Crippen LogP contribution in [0.2, 0.25) is 15.1 Å². The molecule has 0 aliphatic rings. The number of aromatic carboxylic acids is 3. The number of halogens is 3. The molecule has 0 saturated carbocycles. The summed E-state index contributed by atoms with van der Waals surface area (Å²) in [6, 6.07) is 13.1. The summed E-state index contributed by atoms with van der Waals surface area (Å²) in [5.41, 5.74) is 0.339. The van der Waals surface area contributed by atoms with Crippen LogP contribution in [0.5, 0.6) is 17.2 Å².